The lowest BCUT2D eigenvalue weighted by Gasteiger charge is -2.20. The van der Waals surface area contributed by atoms with E-state index in [9.17, 15) is 18.0 Å². The van der Waals surface area contributed by atoms with Crippen molar-refractivity contribution in [3.8, 4) is 5.69 Å². The maximum Gasteiger partial charge on any atom is 0.401 e. The minimum absolute atomic E-state index is 0.0852. The number of anilines is 1. The van der Waals surface area contributed by atoms with Gasteiger partial charge in [-0.3, -0.25) is 10.2 Å². The normalized spacial score (nSPS) is 20.1. The molecule has 2 aromatic carbocycles. The van der Waals surface area contributed by atoms with E-state index in [4.69, 9.17) is 5.10 Å². The summed E-state index contributed by atoms with van der Waals surface area (Å²) >= 11 is 0. The van der Waals surface area contributed by atoms with Crippen molar-refractivity contribution in [1.29, 1.82) is 0 Å². The largest absolute Gasteiger partial charge is 0.401 e. The molecule has 1 fully saturated rings. The molecule has 0 bridgehead atoms. The topological polar surface area (TPSA) is 62.2 Å². The Kier molecular flexibility index (Phi) is 6.51. The van der Waals surface area contributed by atoms with Gasteiger partial charge < -0.3 is 5.32 Å². The molecule has 2 amide bonds. The van der Waals surface area contributed by atoms with Crippen LogP contribution in [0.2, 0.25) is 0 Å². The first-order chi connectivity index (χ1) is 16.9. The Balaban J connectivity index is 1.29. The Morgan fingerprint density at radius 3 is 2.43 bits per heavy atom. The van der Waals surface area contributed by atoms with Gasteiger partial charge in [0, 0.05) is 31.1 Å². The zero-order valence-electron chi connectivity index (χ0n) is 19.3. The molecule has 3 aromatic rings. The highest BCUT2D eigenvalue weighted by Gasteiger charge is 2.39. The quantitative estimate of drug-likeness (QED) is 0.532. The lowest BCUT2D eigenvalue weighted by Crippen LogP contribution is -2.37. The van der Waals surface area contributed by atoms with Gasteiger partial charge in [0.1, 0.15) is 5.82 Å². The number of hydrogen-bond acceptors (Lipinski definition) is 3. The van der Waals surface area contributed by atoms with Crippen LogP contribution in [-0.4, -0.2) is 53.1 Å². The number of urea groups is 1. The average molecular weight is 484 g/mol. The van der Waals surface area contributed by atoms with Gasteiger partial charge in [0.05, 0.1) is 17.9 Å². The van der Waals surface area contributed by atoms with E-state index in [0.29, 0.717) is 12.4 Å². The van der Waals surface area contributed by atoms with E-state index in [-0.39, 0.29) is 31.0 Å². The molecule has 0 radical (unpaired) electrons. The highest BCUT2D eigenvalue weighted by atomic mass is 19.4. The van der Waals surface area contributed by atoms with Gasteiger partial charge in [-0.2, -0.15) is 18.3 Å². The molecule has 1 aliphatic carbocycles. The van der Waals surface area contributed by atoms with Crippen molar-refractivity contribution in [2.24, 2.45) is 5.92 Å². The lowest BCUT2D eigenvalue weighted by atomic mass is 9.89. The number of halogens is 3. The van der Waals surface area contributed by atoms with Crippen LogP contribution in [0.15, 0.2) is 60.7 Å². The summed E-state index contributed by atoms with van der Waals surface area (Å²) in [5, 5.41) is 10.6. The molecular formula is C26H28F3N5O. The van der Waals surface area contributed by atoms with Gasteiger partial charge in [-0.1, -0.05) is 48.5 Å². The zero-order chi connectivity index (χ0) is 24.4. The van der Waals surface area contributed by atoms with Crippen LogP contribution in [0.4, 0.5) is 23.8 Å². The Morgan fingerprint density at radius 1 is 1.00 bits per heavy atom. The molecule has 2 heterocycles. The van der Waals surface area contributed by atoms with Crippen molar-refractivity contribution < 1.29 is 18.0 Å². The second kappa shape index (κ2) is 9.73. The van der Waals surface area contributed by atoms with Gasteiger partial charge >= 0.3 is 12.2 Å². The number of amides is 2. The fraction of sp³-hybridized carbons (Fsp3) is 0.385. The van der Waals surface area contributed by atoms with E-state index in [2.05, 4.69) is 10.6 Å². The number of alkyl halides is 3. The molecule has 6 nitrogen and oxygen atoms in total. The smallest absolute Gasteiger partial charge is 0.337 e. The third-order valence-electron chi connectivity index (χ3n) is 6.81. The third-order valence-corrected chi connectivity index (χ3v) is 6.81. The van der Waals surface area contributed by atoms with Crippen LogP contribution in [-0.2, 0) is 12.8 Å². The maximum absolute atomic E-state index is 13.0. The Bertz CT molecular complexity index is 1160. The number of hydrogen-bond donors (Lipinski definition) is 2. The van der Waals surface area contributed by atoms with Crippen molar-refractivity contribution in [2.75, 3.05) is 31.5 Å². The van der Waals surface area contributed by atoms with E-state index in [1.807, 2.05) is 60.7 Å². The summed E-state index contributed by atoms with van der Waals surface area (Å²) in [6.45, 7) is -0.0781. The zero-order valence-corrected chi connectivity index (χ0v) is 19.3. The van der Waals surface area contributed by atoms with E-state index < -0.39 is 12.7 Å². The predicted molar refractivity (Wildman–Crippen MR) is 128 cm³/mol. The maximum atomic E-state index is 13.0. The molecule has 0 saturated carbocycles. The Morgan fingerprint density at radius 2 is 1.71 bits per heavy atom. The van der Waals surface area contributed by atoms with Crippen LogP contribution in [0.3, 0.4) is 0 Å². The SMILES string of the molecule is O=C(NCC1CN(CC(F)(F)F)CC1c1ccccc1)Nc1c2c(nn1-c1ccccc1)CCC2. The van der Waals surface area contributed by atoms with Crippen molar-refractivity contribution in [2.45, 2.75) is 31.4 Å². The van der Waals surface area contributed by atoms with E-state index in [1.165, 1.54) is 4.90 Å². The van der Waals surface area contributed by atoms with Gasteiger partial charge in [0.25, 0.3) is 0 Å². The minimum atomic E-state index is -4.25. The number of para-hydroxylation sites is 1. The number of nitrogens with zero attached hydrogens (tertiary/aromatic N) is 3. The number of nitrogens with one attached hydrogen (secondary N) is 2. The molecule has 35 heavy (non-hydrogen) atoms. The standard InChI is InChI=1S/C26H28F3N5O/c27-26(28,29)17-33-15-19(22(16-33)18-8-3-1-4-9-18)14-30-25(35)31-24-21-12-7-13-23(21)32-34(24)20-10-5-2-6-11-20/h1-6,8-11,19,22H,7,12-17H2,(H2,30,31,35). The number of fused-ring (bicyclic) bond motifs is 1. The number of rotatable bonds is 6. The highest BCUT2D eigenvalue weighted by molar-refractivity contribution is 5.89. The first-order valence-corrected chi connectivity index (χ1v) is 11.9. The first-order valence-electron chi connectivity index (χ1n) is 11.9. The molecule has 0 spiro atoms. The Labute approximate surface area is 202 Å². The summed E-state index contributed by atoms with van der Waals surface area (Å²) in [5.74, 6) is 0.444. The molecular weight excluding hydrogens is 455 g/mol. The first kappa shape index (κ1) is 23.4. The molecule has 1 aliphatic heterocycles. The summed E-state index contributed by atoms with van der Waals surface area (Å²) in [5.41, 5.74) is 3.89. The van der Waals surface area contributed by atoms with Crippen LogP contribution in [0.25, 0.3) is 5.69 Å². The molecule has 2 N–H and O–H groups in total. The number of aryl methyl sites for hydroxylation is 1. The summed E-state index contributed by atoms with van der Waals surface area (Å²) < 4.78 is 40.9. The fourth-order valence-electron chi connectivity index (χ4n) is 5.28. The molecule has 2 aliphatic rings. The molecule has 1 aromatic heterocycles. The van der Waals surface area contributed by atoms with Crippen LogP contribution in [0.1, 0.15) is 29.2 Å². The Hall–Kier alpha value is -3.33. The summed E-state index contributed by atoms with van der Waals surface area (Å²) in [4.78, 5) is 14.4. The van der Waals surface area contributed by atoms with Crippen LogP contribution < -0.4 is 10.6 Å². The van der Waals surface area contributed by atoms with Gasteiger partial charge in [-0.05, 0) is 42.9 Å². The van der Waals surface area contributed by atoms with Crippen LogP contribution in [0.5, 0.6) is 0 Å². The van der Waals surface area contributed by atoms with Crippen molar-refractivity contribution in [3.05, 3.63) is 77.5 Å². The second-order valence-electron chi connectivity index (χ2n) is 9.30. The highest BCUT2D eigenvalue weighted by Crippen LogP contribution is 2.34. The number of benzene rings is 2. The van der Waals surface area contributed by atoms with Crippen LogP contribution >= 0.6 is 0 Å². The predicted octanol–water partition coefficient (Wildman–Crippen LogP) is 4.76. The van der Waals surface area contributed by atoms with Crippen molar-refractivity contribution >= 4 is 11.8 Å². The van der Waals surface area contributed by atoms with E-state index >= 15 is 0 Å². The van der Waals surface area contributed by atoms with Crippen molar-refractivity contribution in [1.82, 2.24) is 20.0 Å². The number of aromatic nitrogens is 2. The molecule has 2 atom stereocenters. The summed E-state index contributed by atoms with van der Waals surface area (Å²) in [6, 6.07) is 18.8. The molecule has 5 rings (SSSR count). The molecule has 184 valence electrons. The van der Waals surface area contributed by atoms with Gasteiger partial charge in [0.15, 0.2) is 0 Å². The molecule has 1 saturated heterocycles. The molecule has 2 unspecified atom stereocenters. The monoisotopic (exact) mass is 483 g/mol. The summed E-state index contributed by atoms with van der Waals surface area (Å²) in [6.07, 6.45) is -1.53. The van der Waals surface area contributed by atoms with E-state index in [0.717, 1.165) is 41.8 Å². The molecule has 9 heteroatoms. The van der Waals surface area contributed by atoms with Gasteiger partial charge in [-0.25, -0.2) is 9.48 Å². The van der Waals surface area contributed by atoms with Crippen LogP contribution in [0, 0.1) is 5.92 Å². The third kappa shape index (κ3) is 5.35. The van der Waals surface area contributed by atoms with Gasteiger partial charge in [0.2, 0.25) is 0 Å². The number of carbonyl (C=O) groups is 1. The lowest BCUT2D eigenvalue weighted by molar-refractivity contribution is -0.143. The minimum Gasteiger partial charge on any atom is -0.337 e. The van der Waals surface area contributed by atoms with E-state index in [1.54, 1.807) is 4.68 Å². The van der Waals surface area contributed by atoms with Crippen molar-refractivity contribution in [3.63, 3.8) is 0 Å². The fourth-order valence-corrected chi connectivity index (χ4v) is 5.28. The van der Waals surface area contributed by atoms with Gasteiger partial charge in [-0.15, -0.1) is 0 Å². The number of carbonyl (C=O) groups excluding carboxylic acids is 1. The number of likely N-dealkylation sites (tertiary alicyclic amines) is 1. The second-order valence-corrected chi connectivity index (χ2v) is 9.30. The summed E-state index contributed by atoms with van der Waals surface area (Å²) in [7, 11) is 0. The average Bonchev–Trinajstić information content (AvgIpc) is 3.54.